The summed E-state index contributed by atoms with van der Waals surface area (Å²) < 4.78 is 1.12. The number of rotatable bonds is 5. The van der Waals surface area contributed by atoms with Crippen molar-refractivity contribution in [3.8, 4) is 0 Å². The molecule has 0 saturated carbocycles. The molecule has 1 aromatic rings. The highest BCUT2D eigenvalue weighted by molar-refractivity contribution is 14.0. The van der Waals surface area contributed by atoms with Crippen LogP contribution in [0.5, 0.6) is 0 Å². The largest absolute Gasteiger partial charge is 0.357 e. The van der Waals surface area contributed by atoms with Crippen LogP contribution < -0.4 is 5.32 Å². The predicted octanol–water partition coefficient (Wildman–Crippen LogP) is 3.42. The number of likely N-dealkylation sites (tertiary alicyclic amines) is 1. The van der Waals surface area contributed by atoms with Gasteiger partial charge in [0.25, 0.3) is 0 Å². The molecule has 1 heterocycles. The molecule has 1 fully saturated rings. The van der Waals surface area contributed by atoms with E-state index in [0.29, 0.717) is 5.92 Å². The second kappa shape index (κ2) is 10.5. The van der Waals surface area contributed by atoms with E-state index >= 15 is 0 Å². The SMILES string of the molecule is CCNC(=NCC1CCN(C)C1)N(C)Cc1ccc(Br)cc1.I. The molecule has 1 aliphatic rings. The van der Waals surface area contributed by atoms with Crippen LogP contribution in [0.4, 0.5) is 0 Å². The van der Waals surface area contributed by atoms with Crippen LogP contribution >= 0.6 is 39.9 Å². The van der Waals surface area contributed by atoms with E-state index in [1.165, 1.54) is 25.1 Å². The summed E-state index contributed by atoms with van der Waals surface area (Å²) in [7, 11) is 4.29. The number of hydrogen-bond donors (Lipinski definition) is 1. The normalized spacial score (nSPS) is 18.6. The molecule has 23 heavy (non-hydrogen) atoms. The molecule has 0 spiro atoms. The van der Waals surface area contributed by atoms with Crippen molar-refractivity contribution < 1.29 is 0 Å². The summed E-state index contributed by atoms with van der Waals surface area (Å²) in [4.78, 5) is 9.43. The Balaban J connectivity index is 0.00000264. The van der Waals surface area contributed by atoms with E-state index in [9.17, 15) is 0 Å². The van der Waals surface area contributed by atoms with Crippen molar-refractivity contribution in [1.29, 1.82) is 0 Å². The van der Waals surface area contributed by atoms with Crippen LogP contribution in [-0.2, 0) is 6.54 Å². The summed E-state index contributed by atoms with van der Waals surface area (Å²) in [5.74, 6) is 1.69. The summed E-state index contributed by atoms with van der Waals surface area (Å²) in [6.45, 7) is 7.16. The van der Waals surface area contributed by atoms with Crippen molar-refractivity contribution in [3.63, 3.8) is 0 Å². The van der Waals surface area contributed by atoms with Gasteiger partial charge in [0.1, 0.15) is 0 Å². The second-order valence-electron chi connectivity index (χ2n) is 6.09. The second-order valence-corrected chi connectivity index (χ2v) is 7.01. The zero-order valence-corrected chi connectivity index (χ0v) is 18.2. The Morgan fingerprint density at radius 3 is 2.65 bits per heavy atom. The Bertz CT molecular complexity index is 492. The van der Waals surface area contributed by atoms with E-state index in [-0.39, 0.29) is 24.0 Å². The molecule has 0 aliphatic carbocycles. The highest BCUT2D eigenvalue weighted by Gasteiger charge is 2.19. The van der Waals surface area contributed by atoms with Gasteiger partial charge in [0, 0.05) is 37.7 Å². The molecule has 1 unspecified atom stereocenters. The van der Waals surface area contributed by atoms with Gasteiger partial charge in [-0.05, 0) is 50.6 Å². The van der Waals surface area contributed by atoms with E-state index in [4.69, 9.17) is 4.99 Å². The van der Waals surface area contributed by atoms with Crippen molar-refractivity contribution >= 4 is 45.9 Å². The molecule has 4 nitrogen and oxygen atoms in total. The molecule has 1 aromatic carbocycles. The van der Waals surface area contributed by atoms with E-state index in [0.717, 1.165) is 30.1 Å². The first kappa shape index (κ1) is 20.7. The minimum Gasteiger partial charge on any atom is -0.357 e. The monoisotopic (exact) mass is 494 g/mol. The summed E-state index contributed by atoms with van der Waals surface area (Å²) in [6.07, 6.45) is 1.26. The van der Waals surface area contributed by atoms with Gasteiger partial charge in [0.2, 0.25) is 0 Å². The summed E-state index contributed by atoms with van der Waals surface area (Å²) in [6, 6.07) is 8.47. The highest BCUT2D eigenvalue weighted by Crippen LogP contribution is 2.15. The lowest BCUT2D eigenvalue weighted by Gasteiger charge is -2.22. The van der Waals surface area contributed by atoms with E-state index in [1.807, 2.05) is 0 Å². The maximum absolute atomic E-state index is 4.84. The Morgan fingerprint density at radius 2 is 2.09 bits per heavy atom. The fraction of sp³-hybridized carbons (Fsp3) is 0.588. The van der Waals surface area contributed by atoms with Gasteiger partial charge in [0.05, 0.1) is 0 Å². The Labute approximate surface area is 165 Å². The zero-order valence-electron chi connectivity index (χ0n) is 14.3. The molecule has 130 valence electrons. The lowest BCUT2D eigenvalue weighted by Crippen LogP contribution is -2.38. The molecule has 1 N–H and O–H groups in total. The van der Waals surface area contributed by atoms with Crippen LogP contribution in [0.1, 0.15) is 18.9 Å². The fourth-order valence-electron chi connectivity index (χ4n) is 2.80. The van der Waals surface area contributed by atoms with Crippen LogP contribution in [0.3, 0.4) is 0 Å². The smallest absolute Gasteiger partial charge is 0.193 e. The highest BCUT2D eigenvalue weighted by atomic mass is 127. The zero-order chi connectivity index (χ0) is 15.9. The third-order valence-electron chi connectivity index (χ3n) is 4.02. The molecule has 0 amide bonds. The third-order valence-corrected chi connectivity index (χ3v) is 4.55. The molecular weight excluding hydrogens is 467 g/mol. The van der Waals surface area contributed by atoms with Crippen LogP contribution in [0.25, 0.3) is 0 Å². The van der Waals surface area contributed by atoms with Gasteiger partial charge in [-0.3, -0.25) is 4.99 Å². The van der Waals surface area contributed by atoms with Crippen molar-refractivity contribution in [2.45, 2.75) is 19.9 Å². The molecule has 0 aromatic heterocycles. The number of benzene rings is 1. The lowest BCUT2D eigenvalue weighted by molar-refractivity contribution is 0.396. The fourth-order valence-corrected chi connectivity index (χ4v) is 3.06. The minimum absolute atomic E-state index is 0. The quantitative estimate of drug-likeness (QED) is 0.386. The lowest BCUT2D eigenvalue weighted by atomic mass is 10.1. The first-order valence-corrected chi connectivity index (χ1v) is 8.80. The average molecular weight is 495 g/mol. The van der Waals surface area contributed by atoms with Crippen molar-refractivity contribution in [1.82, 2.24) is 15.1 Å². The first-order chi connectivity index (χ1) is 10.6. The van der Waals surface area contributed by atoms with Crippen LogP contribution in [0.2, 0.25) is 0 Å². The van der Waals surface area contributed by atoms with E-state index < -0.39 is 0 Å². The maximum Gasteiger partial charge on any atom is 0.193 e. The number of halogens is 2. The predicted molar refractivity (Wildman–Crippen MR) is 113 cm³/mol. The van der Waals surface area contributed by atoms with Crippen molar-refractivity contribution in [2.24, 2.45) is 10.9 Å². The molecule has 1 aliphatic heterocycles. The standard InChI is InChI=1S/C17H27BrN4.HI/c1-4-19-17(20-11-15-9-10-21(2)12-15)22(3)13-14-5-7-16(18)8-6-14;/h5-8,15H,4,9-13H2,1-3H3,(H,19,20);1H. The summed E-state index contributed by atoms with van der Waals surface area (Å²) in [5.41, 5.74) is 1.29. The minimum atomic E-state index is 0. The number of nitrogens with zero attached hydrogens (tertiary/aromatic N) is 3. The number of aliphatic imine (C=N–C) groups is 1. The van der Waals surface area contributed by atoms with Crippen LogP contribution in [0, 0.1) is 5.92 Å². The van der Waals surface area contributed by atoms with Gasteiger partial charge in [-0.15, -0.1) is 24.0 Å². The van der Waals surface area contributed by atoms with Gasteiger partial charge in [-0.2, -0.15) is 0 Å². The van der Waals surface area contributed by atoms with Gasteiger partial charge in [0.15, 0.2) is 5.96 Å². The Hall–Kier alpha value is -0.340. The number of nitrogens with one attached hydrogen (secondary N) is 1. The maximum atomic E-state index is 4.84. The number of hydrogen-bond acceptors (Lipinski definition) is 2. The summed E-state index contributed by atoms with van der Waals surface area (Å²) in [5, 5.41) is 3.40. The van der Waals surface area contributed by atoms with Crippen molar-refractivity contribution in [3.05, 3.63) is 34.3 Å². The van der Waals surface area contributed by atoms with Crippen LogP contribution in [-0.4, -0.2) is 56.0 Å². The molecule has 1 saturated heterocycles. The van der Waals surface area contributed by atoms with Gasteiger partial charge < -0.3 is 15.1 Å². The topological polar surface area (TPSA) is 30.9 Å². The Kier molecular flexibility index (Phi) is 9.46. The molecule has 1 atom stereocenters. The van der Waals surface area contributed by atoms with E-state index in [1.54, 1.807) is 0 Å². The molecule has 0 bridgehead atoms. The summed E-state index contributed by atoms with van der Waals surface area (Å²) >= 11 is 3.48. The van der Waals surface area contributed by atoms with Crippen LogP contribution in [0.15, 0.2) is 33.7 Å². The molecule has 2 rings (SSSR count). The van der Waals surface area contributed by atoms with E-state index in [2.05, 4.69) is 76.3 Å². The van der Waals surface area contributed by atoms with Crippen molar-refractivity contribution in [2.75, 3.05) is 40.3 Å². The van der Waals surface area contributed by atoms with Gasteiger partial charge >= 0.3 is 0 Å². The first-order valence-electron chi connectivity index (χ1n) is 8.01. The molecular formula is C17H28BrIN4. The molecule has 0 radical (unpaired) electrons. The third kappa shape index (κ3) is 6.97. The number of guanidine groups is 1. The van der Waals surface area contributed by atoms with Gasteiger partial charge in [-0.1, -0.05) is 28.1 Å². The average Bonchev–Trinajstić information content (AvgIpc) is 2.91. The molecule has 6 heteroatoms. The Morgan fingerprint density at radius 1 is 1.39 bits per heavy atom. The van der Waals surface area contributed by atoms with Gasteiger partial charge in [-0.25, -0.2) is 0 Å².